The lowest BCUT2D eigenvalue weighted by molar-refractivity contribution is 0.271. The summed E-state index contributed by atoms with van der Waals surface area (Å²) in [5.74, 6) is 1.74. The number of aromatic nitrogens is 1. The van der Waals surface area contributed by atoms with Crippen LogP contribution < -0.4 is 9.64 Å². The van der Waals surface area contributed by atoms with Crippen LogP contribution in [0.25, 0.3) is 22.0 Å². The van der Waals surface area contributed by atoms with E-state index < -0.39 is 6.67 Å². The van der Waals surface area contributed by atoms with E-state index in [4.69, 9.17) is 9.72 Å². The molecule has 0 aliphatic carbocycles. The predicted octanol–water partition coefficient (Wildman–Crippen LogP) is 5.24. The van der Waals surface area contributed by atoms with Crippen LogP contribution in [0.3, 0.4) is 0 Å². The molecule has 0 radical (unpaired) electrons. The van der Waals surface area contributed by atoms with Gasteiger partial charge in [0.25, 0.3) is 0 Å². The summed E-state index contributed by atoms with van der Waals surface area (Å²) in [7, 11) is 0. The van der Waals surface area contributed by atoms with Gasteiger partial charge in [0.15, 0.2) is 0 Å². The number of rotatable bonds is 6. The molecule has 7 heteroatoms. The van der Waals surface area contributed by atoms with Gasteiger partial charge in [0.05, 0.1) is 5.69 Å². The molecule has 3 aromatic rings. The molecule has 0 amide bonds. The summed E-state index contributed by atoms with van der Waals surface area (Å²) in [5.41, 5.74) is 1.98. The molecule has 1 aliphatic heterocycles. The molecule has 0 bridgehead atoms. The van der Waals surface area contributed by atoms with E-state index in [1.54, 1.807) is 0 Å². The zero-order valence-corrected chi connectivity index (χ0v) is 18.7. The summed E-state index contributed by atoms with van der Waals surface area (Å²) in [6.07, 6.45) is 0. The van der Waals surface area contributed by atoms with E-state index in [1.807, 2.05) is 24.3 Å². The number of halogens is 3. The van der Waals surface area contributed by atoms with Gasteiger partial charge in [-0.15, -0.1) is 24.8 Å². The molecule has 1 aliphatic rings. The van der Waals surface area contributed by atoms with Crippen LogP contribution in [0.2, 0.25) is 0 Å². The topological polar surface area (TPSA) is 28.6 Å². The Kier molecular flexibility index (Phi) is 9.15. The molecular weight excluding hydrogens is 424 g/mol. The van der Waals surface area contributed by atoms with Gasteiger partial charge in [-0.25, -0.2) is 9.37 Å². The first kappa shape index (κ1) is 24.2. The van der Waals surface area contributed by atoms with Crippen molar-refractivity contribution in [2.24, 2.45) is 0 Å². The lowest BCUT2D eigenvalue weighted by Gasteiger charge is -2.35. The van der Waals surface area contributed by atoms with Crippen molar-refractivity contribution >= 4 is 41.4 Å². The molecule has 2 aromatic carbocycles. The number of benzene rings is 2. The molecule has 162 valence electrons. The highest BCUT2D eigenvalue weighted by Gasteiger charge is 2.19. The number of piperazine rings is 1. The second kappa shape index (κ2) is 11.3. The van der Waals surface area contributed by atoms with Gasteiger partial charge < -0.3 is 14.5 Å². The molecule has 30 heavy (non-hydrogen) atoms. The largest absolute Gasteiger partial charge is 0.491 e. The van der Waals surface area contributed by atoms with Gasteiger partial charge in [0.1, 0.15) is 24.8 Å². The number of fused-ring (bicyclic) bond motifs is 1. The van der Waals surface area contributed by atoms with E-state index in [1.165, 1.54) is 10.8 Å². The highest BCUT2D eigenvalue weighted by Crippen LogP contribution is 2.31. The maximum atomic E-state index is 12.3. The molecule has 1 aromatic heterocycles. The number of anilines is 1. The van der Waals surface area contributed by atoms with Crippen molar-refractivity contribution in [1.29, 1.82) is 0 Å². The maximum absolute atomic E-state index is 12.3. The fourth-order valence-electron chi connectivity index (χ4n) is 3.72. The fourth-order valence-corrected chi connectivity index (χ4v) is 3.72. The average Bonchev–Trinajstić information content (AvgIpc) is 2.77. The summed E-state index contributed by atoms with van der Waals surface area (Å²) in [4.78, 5) is 9.91. The van der Waals surface area contributed by atoms with Crippen LogP contribution in [0.5, 0.6) is 5.75 Å². The van der Waals surface area contributed by atoms with Gasteiger partial charge in [-0.1, -0.05) is 31.2 Å². The Balaban J connectivity index is 0.00000160. The number of nitrogens with zero attached hydrogens (tertiary/aromatic N) is 3. The van der Waals surface area contributed by atoms with Gasteiger partial charge >= 0.3 is 0 Å². The first-order valence-electron chi connectivity index (χ1n) is 9.95. The lowest BCUT2D eigenvalue weighted by atomic mass is 10.1. The van der Waals surface area contributed by atoms with Gasteiger partial charge in [0.2, 0.25) is 0 Å². The predicted molar refractivity (Wildman–Crippen MR) is 127 cm³/mol. The van der Waals surface area contributed by atoms with Gasteiger partial charge in [0, 0.05) is 37.1 Å². The van der Waals surface area contributed by atoms with E-state index >= 15 is 0 Å². The molecule has 0 unspecified atom stereocenters. The van der Waals surface area contributed by atoms with Gasteiger partial charge in [-0.05, 0) is 42.3 Å². The summed E-state index contributed by atoms with van der Waals surface area (Å²) in [6.45, 7) is 7.02. The van der Waals surface area contributed by atoms with Crippen LogP contribution in [0.4, 0.5) is 10.2 Å². The Morgan fingerprint density at radius 2 is 1.67 bits per heavy atom. The molecule has 0 N–H and O–H groups in total. The minimum absolute atomic E-state index is 0. The number of likely N-dealkylation sites (N-methyl/N-ethyl adjacent to an activating group) is 1. The SMILES string of the molecule is CCN1CCN(c2nc(-c3ccc(OCCF)cc3)cc3ccccc23)CC1.Cl.Cl. The number of ether oxygens (including phenoxy) is 1. The highest BCUT2D eigenvalue weighted by molar-refractivity contribution is 5.95. The van der Waals surface area contributed by atoms with Crippen LogP contribution in [0, 0.1) is 0 Å². The van der Waals surface area contributed by atoms with Gasteiger partial charge in [-0.2, -0.15) is 0 Å². The standard InChI is InChI=1S/C23H26FN3O.2ClH/c1-2-26-12-14-27(15-13-26)23-21-6-4-3-5-19(21)17-22(25-23)18-7-9-20(10-8-18)28-16-11-24;;/h3-10,17H,2,11-16H2,1H3;2*1H. The minimum Gasteiger partial charge on any atom is -0.491 e. The number of hydrogen-bond donors (Lipinski definition) is 0. The Morgan fingerprint density at radius 1 is 0.967 bits per heavy atom. The fraction of sp³-hybridized carbons (Fsp3) is 0.348. The highest BCUT2D eigenvalue weighted by atomic mass is 35.5. The summed E-state index contributed by atoms with van der Waals surface area (Å²) < 4.78 is 17.6. The van der Waals surface area contributed by atoms with E-state index in [9.17, 15) is 4.39 Å². The third-order valence-electron chi connectivity index (χ3n) is 5.34. The third-order valence-corrected chi connectivity index (χ3v) is 5.34. The third kappa shape index (κ3) is 5.34. The van der Waals surface area contributed by atoms with E-state index in [2.05, 4.69) is 47.1 Å². The number of pyridine rings is 1. The van der Waals surface area contributed by atoms with Crippen molar-refractivity contribution in [1.82, 2.24) is 9.88 Å². The van der Waals surface area contributed by atoms with E-state index in [0.29, 0.717) is 5.75 Å². The molecule has 4 rings (SSSR count). The quantitative estimate of drug-likeness (QED) is 0.512. The first-order valence-corrected chi connectivity index (χ1v) is 9.95. The molecule has 0 saturated carbocycles. The van der Waals surface area contributed by atoms with Crippen molar-refractivity contribution in [3.05, 3.63) is 54.6 Å². The zero-order valence-electron chi connectivity index (χ0n) is 17.1. The number of hydrogen-bond acceptors (Lipinski definition) is 4. The number of alkyl halides is 1. The van der Waals surface area contributed by atoms with E-state index in [-0.39, 0.29) is 31.4 Å². The normalized spacial score (nSPS) is 14.1. The Bertz CT molecular complexity index is 931. The van der Waals surface area contributed by atoms with Crippen LogP contribution in [-0.4, -0.2) is 55.9 Å². The van der Waals surface area contributed by atoms with Crippen molar-refractivity contribution in [3.8, 4) is 17.0 Å². The summed E-state index contributed by atoms with van der Waals surface area (Å²) in [6, 6.07) is 18.3. The van der Waals surface area contributed by atoms with Crippen molar-refractivity contribution in [2.75, 3.05) is 50.9 Å². The average molecular weight is 452 g/mol. The van der Waals surface area contributed by atoms with Crippen LogP contribution in [-0.2, 0) is 0 Å². The van der Waals surface area contributed by atoms with Gasteiger partial charge in [-0.3, -0.25) is 0 Å². The van der Waals surface area contributed by atoms with Crippen molar-refractivity contribution in [3.63, 3.8) is 0 Å². The zero-order chi connectivity index (χ0) is 19.3. The second-order valence-electron chi connectivity index (χ2n) is 7.04. The smallest absolute Gasteiger partial charge is 0.137 e. The molecule has 0 atom stereocenters. The molecule has 0 spiro atoms. The molecule has 2 heterocycles. The van der Waals surface area contributed by atoms with Crippen molar-refractivity contribution < 1.29 is 9.13 Å². The van der Waals surface area contributed by atoms with Crippen LogP contribution in [0.1, 0.15) is 6.92 Å². The Morgan fingerprint density at radius 3 is 2.33 bits per heavy atom. The second-order valence-corrected chi connectivity index (χ2v) is 7.04. The summed E-state index contributed by atoms with van der Waals surface area (Å²) in [5, 5.41) is 2.39. The summed E-state index contributed by atoms with van der Waals surface area (Å²) >= 11 is 0. The minimum atomic E-state index is -0.483. The van der Waals surface area contributed by atoms with E-state index in [0.717, 1.165) is 49.8 Å². The Labute approximate surface area is 189 Å². The molecule has 1 fully saturated rings. The molecule has 1 saturated heterocycles. The molecule has 4 nitrogen and oxygen atoms in total. The monoisotopic (exact) mass is 451 g/mol. The molecular formula is C23H28Cl2FN3O. The Hall–Kier alpha value is -2.08. The van der Waals surface area contributed by atoms with Crippen LogP contribution in [0.15, 0.2) is 54.6 Å². The lowest BCUT2D eigenvalue weighted by Crippen LogP contribution is -2.46. The first-order chi connectivity index (χ1) is 13.8. The maximum Gasteiger partial charge on any atom is 0.137 e. The van der Waals surface area contributed by atoms with Crippen LogP contribution >= 0.6 is 24.8 Å². The van der Waals surface area contributed by atoms with Crippen molar-refractivity contribution in [2.45, 2.75) is 6.92 Å².